The number of fused-ring (bicyclic) bond motifs is 1. The Balaban J connectivity index is 0.000000367. The van der Waals surface area contributed by atoms with E-state index in [1.807, 2.05) is 6.07 Å². The second kappa shape index (κ2) is 7.47. The van der Waals surface area contributed by atoms with E-state index in [2.05, 4.69) is 85.1 Å². The quantitative estimate of drug-likeness (QED) is 0.411. The van der Waals surface area contributed by atoms with Crippen LogP contribution in [0.15, 0.2) is 66.7 Å². The van der Waals surface area contributed by atoms with Gasteiger partial charge in [0.2, 0.25) is 0 Å². The summed E-state index contributed by atoms with van der Waals surface area (Å²) in [4.78, 5) is 0. The van der Waals surface area contributed by atoms with Gasteiger partial charge in [-0.15, -0.1) is 34.5 Å². The molecule has 0 spiro atoms. The van der Waals surface area contributed by atoms with Gasteiger partial charge in [-0.3, -0.25) is 0 Å². The van der Waals surface area contributed by atoms with Crippen LogP contribution in [0.25, 0.3) is 21.9 Å². The number of hydrogen-bond acceptors (Lipinski definition) is 0. The first-order chi connectivity index (χ1) is 8.85. The Kier molecular flexibility index (Phi) is 5.94. The summed E-state index contributed by atoms with van der Waals surface area (Å²) >= 11 is 6.32. The maximum atomic E-state index is 3.23. The Hall–Kier alpha value is -0.107. The van der Waals surface area contributed by atoms with E-state index < -0.39 is 0 Å². The molecule has 0 saturated heterocycles. The van der Waals surface area contributed by atoms with Crippen molar-refractivity contribution in [3.05, 3.63) is 66.7 Å². The Bertz CT molecular complexity index is 569. The topological polar surface area (TPSA) is 0 Å². The van der Waals surface area contributed by atoms with Crippen LogP contribution in [0.3, 0.4) is 0 Å². The van der Waals surface area contributed by atoms with E-state index in [4.69, 9.17) is 0 Å². The van der Waals surface area contributed by atoms with E-state index in [0.29, 0.717) is 0 Å². The van der Waals surface area contributed by atoms with Crippen LogP contribution in [0, 0.1) is 0 Å². The molecule has 0 heterocycles. The Labute approximate surface area is 130 Å². The van der Waals surface area contributed by atoms with Gasteiger partial charge in [-0.25, -0.2) is 0 Å². The average molecular weight is 442 g/mol. The molecule has 0 aliphatic carbocycles. The minimum atomic E-state index is -0.145. The second-order valence-electron chi connectivity index (χ2n) is 3.81. The van der Waals surface area contributed by atoms with E-state index in [9.17, 15) is 0 Å². The van der Waals surface area contributed by atoms with Gasteiger partial charge in [0.1, 0.15) is 0 Å². The van der Waals surface area contributed by atoms with Crippen molar-refractivity contribution in [2.24, 2.45) is 0 Å². The fourth-order valence-electron chi connectivity index (χ4n) is 1.95. The Morgan fingerprint density at radius 3 is 2.11 bits per heavy atom. The third-order valence-electron chi connectivity index (χ3n) is 2.73. The fourth-order valence-corrected chi connectivity index (χ4v) is 1.95. The SMILES string of the molecule is [Br][Zr][Br].c1ccc(-c2cc3ccccc3[cH-]2)cc1. The van der Waals surface area contributed by atoms with Gasteiger partial charge in [0.15, 0.2) is 0 Å². The van der Waals surface area contributed by atoms with Gasteiger partial charge >= 0.3 is 43.0 Å². The number of rotatable bonds is 1. The zero-order valence-electron chi connectivity index (χ0n) is 9.61. The number of benzene rings is 2. The van der Waals surface area contributed by atoms with Crippen LogP contribution < -0.4 is 0 Å². The predicted molar refractivity (Wildman–Crippen MR) is 82.8 cm³/mol. The van der Waals surface area contributed by atoms with Crippen molar-refractivity contribution < 1.29 is 18.5 Å². The van der Waals surface area contributed by atoms with Crippen molar-refractivity contribution in [3.8, 4) is 11.1 Å². The van der Waals surface area contributed by atoms with Gasteiger partial charge in [0.25, 0.3) is 0 Å². The van der Waals surface area contributed by atoms with Crippen molar-refractivity contribution >= 4 is 35.2 Å². The molecule has 0 saturated carbocycles. The Morgan fingerprint density at radius 2 is 1.44 bits per heavy atom. The van der Waals surface area contributed by atoms with Crippen molar-refractivity contribution in [2.75, 3.05) is 0 Å². The number of hydrogen-bond donors (Lipinski definition) is 0. The largest absolute Gasteiger partial charge is 0.145 e. The van der Waals surface area contributed by atoms with Crippen LogP contribution >= 0.6 is 24.4 Å². The minimum Gasteiger partial charge on any atom is -0.145 e. The average Bonchev–Trinajstić information content (AvgIpc) is 2.84. The molecule has 0 aromatic heterocycles. The molecule has 90 valence electrons. The fraction of sp³-hybridized carbons (Fsp3) is 0. The normalized spacial score (nSPS) is 9.67. The van der Waals surface area contributed by atoms with Crippen LogP contribution in [0.5, 0.6) is 0 Å². The van der Waals surface area contributed by atoms with Crippen LogP contribution in [-0.4, -0.2) is 0 Å². The molecular weight excluding hydrogens is 431 g/mol. The van der Waals surface area contributed by atoms with Crippen molar-refractivity contribution in [1.29, 1.82) is 0 Å². The molecule has 0 N–H and O–H groups in total. The maximum absolute atomic E-state index is 3.23. The van der Waals surface area contributed by atoms with Gasteiger partial charge in [0, 0.05) is 0 Å². The van der Waals surface area contributed by atoms with E-state index in [1.54, 1.807) is 0 Å². The van der Waals surface area contributed by atoms with Crippen LogP contribution in [-0.2, 0) is 18.5 Å². The zero-order chi connectivity index (χ0) is 12.8. The van der Waals surface area contributed by atoms with Gasteiger partial charge in [-0.2, -0.15) is 0 Å². The molecule has 0 radical (unpaired) electrons. The molecule has 0 bridgehead atoms. The summed E-state index contributed by atoms with van der Waals surface area (Å²) in [6, 6.07) is 23.4. The van der Waals surface area contributed by atoms with Crippen molar-refractivity contribution in [2.45, 2.75) is 0 Å². The van der Waals surface area contributed by atoms with E-state index >= 15 is 0 Å². The first kappa shape index (κ1) is 14.3. The summed E-state index contributed by atoms with van der Waals surface area (Å²) in [6.07, 6.45) is 0. The minimum absolute atomic E-state index is 0.145. The molecule has 0 nitrogen and oxygen atoms in total. The second-order valence-corrected chi connectivity index (χ2v) is 15.1. The van der Waals surface area contributed by atoms with Gasteiger partial charge < -0.3 is 0 Å². The number of halogens is 2. The molecule has 0 aliphatic heterocycles. The van der Waals surface area contributed by atoms with E-state index in [1.165, 1.54) is 21.9 Å². The summed E-state index contributed by atoms with van der Waals surface area (Å²) < 4.78 is 0. The first-order valence-electron chi connectivity index (χ1n) is 5.52. The third kappa shape index (κ3) is 3.69. The van der Waals surface area contributed by atoms with E-state index in [0.717, 1.165) is 0 Å². The van der Waals surface area contributed by atoms with Gasteiger partial charge in [-0.05, 0) is 0 Å². The van der Waals surface area contributed by atoms with Crippen molar-refractivity contribution in [1.82, 2.24) is 0 Å². The standard InChI is InChI=1S/C15H11.2BrH.Zr/c1-2-6-12(7-3-1)15-10-13-8-4-5-9-14(13)11-15;;;/h1-11H;2*1H;/q-1;;;+2/p-2. The van der Waals surface area contributed by atoms with Gasteiger partial charge in [-0.1, -0.05) is 54.1 Å². The summed E-state index contributed by atoms with van der Waals surface area (Å²) in [7, 11) is 0. The molecular formula is C15H11Br2Zr-. The predicted octanol–water partition coefficient (Wildman–Crippen LogP) is 5.91. The maximum Gasteiger partial charge on any atom is -0.0635 e. The van der Waals surface area contributed by atoms with Crippen LogP contribution in [0.4, 0.5) is 0 Å². The van der Waals surface area contributed by atoms with Crippen LogP contribution in [0.1, 0.15) is 0 Å². The molecule has 0 unspecified atom stereocenters. The van der Waals surface area contributed by atoms with Crippen LogP contribution in [0.2, 0.25) is 0 Å². The van der Waals surface area contributed by atoms with Gasteiger partial charge in [0.05, 0.1) is 0 Å². The molecule has 3 aromatic carbocycles. The molecule has 3 heteroatoms. The zero-order valence-corrected chi connectivity index (χ0v) is 15.2. The molecule has 0 atom stereocenters. The third-order valence-corrected chi connectivity index (χ3v) is 2.73. The summed E-state index contributed by atoms with van der Waals surface area (Å²) in [6.45, 7) is 0. The van der Waals surface area contributed by atoms with E-state index in [-0.39, 0.29) is 18.5 Å². The molecule has 0 aliphatic rings. The first-order valence-corrected chi connectivity index (χ1v) is 16.8. The molecule has 18 heavy (non-hydrogen) atoms. The molecule has 3 rings (SSSR count). The smallest absolute Gasteiger partial charge is 0.0635 e. The summed E-state index contributed by atoms with van der Waals surface area (Å²) in [5.41, 5.74) is 2.59. The molecule has 0 fully saturated rings. The summed E-state index contributed by atoms with van der Waals surface area (Å²) in [5.74, 6) is 0. The molecule has 3 aromatic rings. The Morgan fingerprint density at radius 1 is 0.833 bits per heavy atom. The monoisotopic (exact) mass is 439 g/mol. The summed E-state index contributed by atoms with van der Waals surface area (Å²) in [5, 5.41) is 2.63. The molecule has 0 amide bonds. The van der Waals surface area contributed by atoms with Crippen molar-refractivity contribution in [3.63, 3.8) is 0 Å².